The second-order valence-corrected chi connectivity index (χ2v) is 8.33. The van der Waals surface area contributed by atoms with Crippen LogP contribution in [0.3, 0.4) is 0 Å². The summed E-state index contributed by atoms with van der Waals surface area (Å²) in [5.74, 6) is 1.57. The predicted molar refractivity (Wildman–Crippen MR) is 126 cm³/mol. The quantitative estimate of drug-likeness (QED) is 0.338. The first-order chi connectivity index (χ1) is 14.6. The Bertz CT molecular complexity index is 973. The highest BCUT2D eigenvalue weighted by Crippen LogP contribution is 2.27. The molecule has 0 aliphatic heterocycles. The summed E-state index contributed by atoms with van der Waals surface area (Å²) in [6, 6.07) is 13.8. The van der Waals surface area contributed by atoms with E-state index in [2.05, 4.69) is 45.3 Å². The highest BCUT2D eigenvalue weighted by atomic mass is 79.9. The highest BCUT2D eigenvalue weighted by Gasteiger charge is 2.09. The standard InChI is InChI=1S/C23H25BrN2O3S/c1-3-16-7-12-21(19(24)14-16)29-13-5-6-22(27)26-23-25-20(15-30-23)17-8-10-18(11-9-17)28-4-2/h7-12,14-15H,3-6,13H2,1-2H3,(H,25,26,27). The molecule has 5 nitrogen and oxygen atoms in total. The van der Waals surface area contributed by atoms with Gasteiger partial charge in [-0.3, -0.25) is 4.79 Å². The van der Waals surface area contributed by atoms with Crippen LogP contribution in [0.2, 0.25) is 0 Å². The third-order valence-corrected chi connectivity index (χ3v) is 5.80. The number of rotatable bonds is 10. The molecule has 0 atom stereocenters. The highest BCUT2D eigenvalue weighted by molar-refractivity contribution is 9.10. The van der Waals surface area contributed by atoms with Gasteiger partial charge in [-0.1, -0.05) is 13.0 Å². The van der Waals surface area contributed by atoms with Gasteiger partial charge in [0.2, 0.25) is 5.91 Å². The van der Waals surface area contributed by atoms with Crippen LogP contribution in [-0.2, 0) is 11.2 Å². The molecule has 0 fully saturated rings. The van der Waals surface area contributed by atoms with Crippen molar-refractivity contribution in [2.45, 2.75) is 33.1 Å². The number of thiazole rings is 1. The van der Waals surface area contributed by atoms with E-state index in [0.29, 0.717) is 31.2 Å². The van der Waals surface area contributed by atoms with Crippen LogP contribution in [0, 0.1) is 0 Å². The lowest BCUT2D eigenvalue weighted by molar-refractivity contribution is -0.116. The summed E-state index contributed by atoms with van der Waals surface area (Å²) in [7, 11) is 0. The molecule has 0 saturated heterocycles. The van der Waals surface area contributed by atoms with Gasteiger partial charge in [0.15, 0.2) is 5.13 Å². The van der Waals surface area contributed by atoms with Crippen LogP contribution >= 0.6 is 27.3 Å². The Labute approximate surface area is 189 Å². The fraction of sp³-hybridized carbons (Fsp3) is 0.304. The van der Waals surface area contributed by atoms with Crippen LogP contribution in [0.25, 0.3) is 11.3 Å². The van der Waals surface area contributed by atoms with Crippen molar-refractivity contribution in [3.05, 3.63) is 57.9 Å². The molecule has 2 aromatic carbocycles. The summed E-state index contributed by atoms with van der Waals surface area (Å²) in [5.41, 5.74) is 3.08. The molecule has 3 rings (SSSR count). The fourth-order valence-electron chi connectivity index (χ4n) is 2.83. The minimum Gasteiger partial charge on any atom is -0.494 e. The molecule has 1 amide bonds. The van der Waals surface area contributed by atoms with E-state index in [9.17, 15) is 4.79 Å². The first kappa shape index (κ1) is 22.3. The van der Waals surface area contributed by atoms with Gasteiger partial charge in [0, 0.05) is 17.4 Å². The minimum absolute atomic E-state index is 0.0633. The van der Waals surface area contributed by atoms with Gasteiger partial charge in [-0.25, -0.2) is 4.98 Å². The number of carbonyl (C=O) groups is 1. The van der Waals surface area contributed by atoms with Gasteiger partial charge in [-0.05, 0) is 77.7 Å². The Kier molecular flexibility index (Phi) is 8.28. The van der Waals surface area contributed by atoms with Gasteiger partial charge in [-0.2, -0.15) is 0 Å². The van der Waals surface area contributed by atoms with E-state index in [1.165, 1.54) is 16.9 Å². The number of benzene rings is 2. The van der Waals surface area contributed by atoms with E-state index in [1.54, 1.807) is 0 Å². The van der Waals surface area contributed by atoms with Gasteiger partial charge >= 0.3 is 0 Å². The van der Waals surface area contributed by atoms with Crippen LogP contribution in [0.15, 0.2) is 52.3 Å². The van der Waals surface area contributed by atoms with Crippen LogP contribution in [0.4, 0.5) is 5.13 Å². The molecule has 1 aromatic heterocycles. The molecule has 0 spiro atoms. The van der Waals surface area contributed by atoms with E-state index in [0.717, 1.165) is 33.6 Å². The lowest BCUT2D eigenvalue weighted by Crippen LogP contribution is -2.12. The van der Waals surface area contributed by atoms with Crippen LogP contribution < -0.4 is 14.8 Å². The Morgan fingerprint density at radius 3 is 2.63 bits per heavy atom. The number of anilines is 1. The molecule has 0 bridgehead atoms. The average molecular weight is 489 g/mol. The van der Waals surface area contributed by atoms with Crippen molar-refractivity contribution < 1.29 is 14.3 Å². The normalized spacial score (nSPS) is 10.6. The number of carbonyl (C=O) groups excluding carboxylic acids is 1. The molecule has 1 heterocycles. The van der Waals surface area contributed by atoms with Crippen LogP contribution in [0.1, 0.15) is 32.3 Å². The summed E-state index contributed by atoms with van der Waals surface area (Å²) in [4.78, 5) is 16.7. The summed E-state index contributed by atoms with van der Waals surface area (Å²) in [6.07, 6.45) is 1.99. The van der Waals surface area contributed by atoms with Crippen molar-refractivity contribution in [1.29, 1.82) is 0 Å². The molecule has 158 valence electrons. The summed E-state index contributed by atoms with van der Waals surface area (Å²) in [5, 5.41) is 5.40. The Morgan fingerprint density at radius 1 is 1.13 bits per heavy atom. The first-order valence-corrected chi connectivity index (χ1v) is 11.7. The zero-order valence-electron chi connectivity index (χ0n) is 17.1. The molecule has 7 heteroatoms. The largest absolute Gasteiger partial charge is 0.494 e. The van der Waals surface area contributed by atoms with Gasteiger partial charge in [-0.15, -0.1) is 11.3 Å². The Hall–Kier alpha value is -2.38. The molecule has 0 aliphatic carbocycles. The number of aryl methyl sites for hydroxylation is 1. The number of nitrogens with one attached hydrogen (secondary N) is 1. The van der Waals surface area contributed by atoms with Crippen molar-refractivity contribution in [3.8, 4) is 22.8 Å². The molecular weight excluding hydrogens is 464 g/mol. The van der Waals surface area contributed by atoms with Crippen molar-refractivity contribution >= 4 is 38.3 Å². The van der Waals surface area contributed by atoms with Gasteiger partial charge in [0.1, 0.15) is 11.5 Å². The van der Waals surface area contributed by atoms with Gasteiger partial charge in [0.25, 0.3) is 0 Å². The first-order valence-electron chi connectivity index (χ1n) is 9.99. The predicted octanol–water partition coefficient (Wildman–Crippen LogP) is 6.33. The molecule has 0 radical (unpaired) electrons. The molecule has 3 aromatic rings. The Morgan fingerprint density at radius 2 is 1.93 bits per heavy atom. The summed E-state index contributed by atoms with van der Waals surface area (Å²) in [6.45, 7) is 5.19. The monoisotopic (exact) mass is 488 g/mol. The maximum atomic E-state index is 12.2. The second kappa shape index (κ2) is 11.1. The number of amides is 1. The van der Waals surface area contributed by atoms with Crippen molar-refractivity contribution in [1.82, 2.24) is 4.98 Å². The number of ether oxygens (including phenoxy) is 2. The number of aromatic nitrogens is 1. The lowest BCUT2D eigenvalue weighted by Gasteiger charge is -2.09. The summed E-state index contributed by atoms with van der Waals surface area (Å²) >= 11 is 4.95. The van der Waals surface area contributed by atoms with Crippen LogP contribution in [0.5, 0.6) is 11.5 Å². The van der Waals surface area contributed by atoms with Crippen molar-refractivity contribution in [2.75, 3.05) is 18.5 Å². The van der Waals surface area contributed by atoms with Crippen molar-refractivity contribution in [3.63, 3.8) is 0 Å². The molecule has 0 saturated carbocycles. The van der Waals surface area contributed by atoms with Gasteiger partial charge < -0.3 is 14.8 Å². The SMILES string of the molecule is CCOc1ccc(-c2csc(NC(=O)CCCOc3ccc(CC)cc3Br)n2)cc1. The zero-order valence-corrected chi connectivity index (χ0v) is 19.5. The number of halogens is 1. The third-order valence-electron chi connectivity index (χ3n) is 4.42. The summed E-state index contributed by atoms with van der Waals surface area (Å²) < 4.78 is 12.2. The maximum absolute atomic E-state index is 12.2. The number of nitrogens with zero attached hydrogens (tertiary/aromatic N) is 1. The van der Waals surface area contributed by atoms with E-state index < -0.39 is 0 Å². The molecule has 0 aliphatic rings. The maximum Gasteiger partial charge on any atom is 0.226 e. The lowest BCUT2D eigenvalue weighted by atomic mass is 10.2. The number of hydrogen-bond acceptors (Lipinski definition) is 5. The molecule has 1 N–H and O–H groups in total. The smallest absolute Gasteiger partial charge is 0.226 e. The molecular formula is C23H25BrN2O3S. The minimum atomic E-state index is -0.0633. The third kappa shape index (κ3) is 6.31. The Balaban J connectivity index is 1.44. The zero-order chi connectivity index (χ0) is 21.3. The van der Waals surface area contributed by atoms with E-state index in [-0.39, 0.29) is 5.91 Å². The van der Waals surface area contributed by atoms with Gasteiger partial charge in [0.05, 0.1) is 23.4 Å². The second-order valence-electron chi connectivity index (χ2n) is 6.61. The van der Waals surface area contributed by atoms with Crippen molar-refractivity contribution in [2.24, 2.45) is 0 Å². The molecule has 30 heavy (non-hydrogen) atoms. The van der Waals surface area contributed by atoms with E-state index in [4.69, 9.17) is 9.47 Å². The van der Waals surface area contributed by atoms with E-state index >= 15 is 0 Å². The fourth-order valence-corrected chi connectivity index (χ4v) is 4.11. The molecule has 0 unspecified atom stereocenters. The topological polar surface area (TPSA) is 60.5 Å². The van der Waals surface area contributed by atoms with Crippen LogP contribution in [-0.4, -0.2) is 24.1 Å². The van der Waals surface area contributed by atoms with E-state index in [1.807, 2.05) is 42.6 Å². The number of hydrogen-bond donors (Lipinski definition) is 1. The average Bonchev–Trinajstić information content (AvgIpc) is 3.21.